The number of hydrogen-bond donors (Lipinski definition) is 0. The molecule has 1 unspecified atom stereocenters. The molecule has 0 N–H and O–H groups in total. The lowest BCUT2D eigenvalue weighted by atomic mass is 10.1. The van der Waals surface area contributed by atoms with E-state index < -0.39 is 0 Å². The predicted octanol–water partition coefficient (Wildman–Crippen LogP) is 3.25. The second-order valence-electron chi connectivity index (χ2n) is 5.57. The maximum absolute atomic E-state index is 6.03. The van der Waals surface area contributed by atoms with Gasteiger partial charge in [-0.15, -0.1) is 0 Å². The fraction of sp³-hybridized carbons (Fsp3) is 0.600. The van der Waals surface area contributed by atoms with E-state index in [1.165, 1.54) is 5.56 Å². The molecule has 0 heterocycles. The fourth-order valence-electron chi connectivity index (χ4n) is 1.74. The Kier molecular flexibility index (Phi) is 5.66. The van der Waals surface area contributed by atoms with Crippen LogP contribution in [0.2, 0.25) is 0 Å². The number of benzene rings is 1. The van der Waals surface area contributed by atoms with Crippen molar-refractivity contribution in [2.24, 2.45) is 0 Å². The normalized spacial score (nSPS) is 13.6. The topological polar surface area (TPSA) is 9.23 Å². The molecule has 0 aromatic heterocycles. The van der Waals surface area contributed by atoms with Crippen molar-refractivity contribution < 1.29 is 9.22 Å². The Labute approximate surface area is 106 Å². The van der Waals surface area contributed by atoms with Crippen LogP contribution in [0.25, 0.3) is 0 Å². The molecular weight excluding hydrogens is 210 g/mol. The minimum atomic E-state index is 0.257. The summed E-state index contributed by atoms with van der Waals surface area (Å²) < 4.78 is 6.98. The van der Waals surface area contributed by atoms with E-state index in [0.29, 0.717) is 0 Å². The summed E-state index contributed by atoms with van der Waals surface area (Å²) >= 11 is 0. The van der Waals surface area contributed by atoms with E-state index in [1.807, 2.05) is 0 Å². The van der Waals surface area contributed by atoms with Crippen LogP contribution in [0.15, 0.2) is 30.3 Å². The standard InChI is InChI=1S/C15H26NO/c1-5-9-15(14-10-7-6-8-11-14)17-13-12-16(2,3)4/h6-8,10-11,15H,5,9,12-13H2,1-4H3/q+1. The summed E-state index contributed by atoms with van der Waals surface area (Å²) in [4.78, 5) is 0. The van der Waals surface area contributed by atoms with Crippen molar-refractivity contribution in [2.75, 3.05) is 34.3 Å². The lowest BCUT2D eigenvalue weighted by Gasteiger charge is -2.25. The Morgan fingerprint density at radius 1 is 1.12 bits per heavy atom. The molecule has 2 heteroatoms. The van der Waals surface area contributed by atoms with Gasteiger partial charge in [0.1, 0.15) is 6.54 Å². The van der Waals surface area contributed by atoms with E-state index in [2.05, 4.69) is 58.4 Å². The summed E-state index contributed by atoms with van der Waals surface area (Å²) in [5.41, 5.74) is 1.30. The molecule has 0 saturated heterocycles. The van der Waals surface area contributed by atoms with Crippen molar-refractivity contribution in [2.45, 2.75) is 25.9 Å². The summed E-state index contributed by atoms with van der Waals surface area (Å²) in [6.45, 7) is 4.08. The van der Waals surface area contributed by atoms with Crippen LogP contribution in [0.5, 0.6) is 0 Å². The third-order valence-corrected chi connectivity index (χ3v) is 2.80. The van der Waals surface area contributed by atoms with Crippen molar-refractivity contribution in [1.29, 1.82) is 0 Å². The Morgan fingerprint density at radius 3 is 2.29 bits per heavy atom. The highest BCUT2D eigenvalue weighted by Crippen LogP contribution is 2.22. The van der Waals surface area contributed by atoms with Gasteiger partial charge in [0, 0.05) is 0 Å². The van der Waals surface area contributed by atoms with Gasteiger partial charge in [-0.3, -0.25) is 0 Å². The number of likely N-dealkylation sites (N-methyl/N-ethyl adjacent to an activating group) is 1. The van der Waals surface area contributed by atoms with Crippen LogP contribution >= 0.6 is 0 Å². The maximum Gasteiger partial charge on any atom is 0.102 e. The lowest BCUT2D eigenvalue weighted by molar-refractivity contribution is -0.870. The lowest BCUT2D eigenvalue weighted by Crippen LogP contribution is -2.37. The number of nitrogens with zero attached hydrogens (tertiary/aromatic N) is 1. The second-order valence-corrected chi connectivity index (χ2v) is 5.57. The summed E-state index contributed by atoms with van der Waals surface area (Å²) in [5.74, 6) is 0. The molecule has 0 radical (unpaired) electrons. The molecule has 1 atom stereocenters. The van der Waals surface area contributed by atoms with Gasteiger partial charge in [0.25, 0.3) is 0 Å². The van der Waals surface area contributed by atoms with E-state index in [4.69, 9.17) is 4.74 Å². The Morgan fingerprint density at radius 2 is 1.76 bits per heavy atom. The van der Waals surface area contributed by atoms with Crippen LogP contribution in [-0.2, 0) is 4.74 Å². The van der Waals surface area contributed by atoms with Gasteiger partial charge >= 0.3 is 0 Å². The Balaban J connectivity index is 2.50. The van der Waals surface area contributed by atoms with E-state index in [-0.39, 0.29) is 6.10 Å². The van der Waals surface area contributed by atoms with Crippen molar-refractivity contribution in [3.05, 3.63) is 35.9 Å². The van der Waals surface area contributed by atoms with Crippen LogP contribution < -0.4 is 0 Å². The third kappa shape index (κ3) is 5.85. The van der Waals surface area contributed by atoms with Crippen LogP contribution in [0, 0.1) is 0 Å². The zero-order chi connectivity index (χ0) is 12.7. The van der Waals surface area contributed by atoms with Crippen LogP contribution in [-0.4, -0.2) is 38.8 Å². The Bertz CT molecular complexity index is 302. The van der Waals surface area contributed by atoms with Gasteiger partial charge in [0.05, 0.1) is 33.9 Å². The number of rotatable bonds is 7. The quantitative estimate of drug-likeness (QED) is 0.660. The van der Waals surface area contributed by atoms with Gasteiger partial charge in [0.2, 0.25) is 0 Å². The van der Waals surface area contributed by atoms with Crippen LogP contribution in [0.1, 0.15) is 31.4 Å². The molecule has 0 bridgehead atoms. The zero-order valence-electron chi connectivity index (χ0n) is 11.6. The van der Waals surface area contributed by atoms with Gasteiger partial charge in [-0.05, 0) is 12.0 Å². The summed E-state index contributed by atoms with van der Waals surface area (Å²) in [6, 6.07) is 10.5. The molecule has 0 saturated carbocycles. The molecule has 0 aliphatic heterocycles. The summed E-state index contributed by atoms with van der Waals surface area (Å²) in [7, 11) is 6.59. The van der Waals surface area contributed by atoms with E-state index in [1.54, 1.807) is 0 Å². The molecule has 1 aromatic carbocycles. The van der Waals surface area contributed by atoms with Crippen LogP contribution in [0.4, 0.5) is 0 Å². The highest BCUT2D eigenvalue weighted by Gasteiger charge is 2.13. The fourth-order valence-corrected chi connectivity index (χ4v) is 1.74. The van der Waals surface area contributed by atoms with E-state index in [0.717, 1.165) is 30.5 Å². The number of hydrogen-bond acceptors (Lipinski definition) is 1. The van der Waals surface area contributed by atoms with Gasteiger partial charge < -0.3 is 9.22 Å². The first-order chi connectivity index (χ1) is 8.03. The Hall–Kier alpha value is -0.860. The molecule has 1 rings (SSSR count). The van der Waals surface area contributed by atoms with Gasteiger partial charge in [0.15, 0.2) is 0 Å². The zero-order valence-corrected chi connectivity index (χ0v) is 11.6. The first kappa shape index (κ1) is 14.2. The molecule has 0 fully saturated rings. The first-order valence-corrected chi connectivity index (χ1v) is 6.50. The molecule has 0 aliphatic carbocycles. The van der Waals surface area contributed by atoms with Crippen molar-refractivity contribution in [3.63, 3.8) is 0 Å². The van der Waals surface area contributed by atoms with E-state index in [9.17, 15) is 0 Å². The molecule has 96 valence electrons. The molecule has 1 aromatic rings. The SMILES string of the molecule is CCCC(OCC[N+](C)(C)C)c1ccccc1. The van der Waals surface area contributed by atoms with Gasteiger partial charge in [-0.25, -0.2) is 0 Å². The number of ether oxygens (including phenoxy) is 1. The van der Waals surface area contributed by atoms with E-state index >= 15 is 0 Å². The monoisotopic (exact) mass is 236 g/mol. The highest BCUT2D eigenvalue weighted by atomic mass is 16.5. The van der Waals surface area contributed by atoms with Crippen LogP contribution in [0.3, 0.4) is 0 Å². The largest absolute Gasteiger partial charge is 0.368 e. The molecule has 0 aliphatic rings. The molecule has 0 spiro atoms. The van der Waals surface area contributed by atoms with Crippen molar-refractivity contribution >= 4 is 0 Å². The smallest absolute Gasteiger partial charge is 0.102 e. The minimum absolute atomic E-state index is 0.257. The maximum atomic E-state index is 6.03. The minimum Gasteiger partial charge on any atom is -0.368 e. The number of quaternary nitrogens is 1. The highest BCUT2D eigenvalue weighted by molar-refractivity contribution is 5.17. The molecular formula is C15H26NO+. The van der Waals surface area contributed by atoms with Crippen molar-refractivity contribution in [3.8, 4) is 0 Å². The van der Waals surface area contributed by atoms with Gasteiger partial charge in [-0.1, -0.05) is 43.7 Å². The summed E-state index contributed by atoms with van der Waals surface area (Å²) in [6.07, 6.45) is 2.51. The molecule has 17 heavy (non-hydrogen) atoms. The third-order valence-electron chi connectivity index (χ3n) is 2.80. The second kappa shape index (κ2) is 6.77. The molecule has 2 nitrogen and oxygen atoms in total. The predicted molar refractivity (Wildman–Crippen MR) is 72.9 cm³/mol. The average molecular weight is 236 g/mol. The summed E-state index contributed by atoms with van der Waals surface area (Å²) in [5, 5.41) is 0. The average Bonchev–Trinajstić information content (AvgIpc) is 2.27. The van der Waals surface area contributed by atoms with Crippen molar-refractivity contribution in [1.82, 2.24) is 0 Å². The molecule has 0 amide bonds. The first-order valence-electron chi connectivity index (χ1n) is 6.50. The van der Waals surface area contributed by atoms with Gasteiger partial charge in [-0.2, -0.15) is 0 Å².